The molecule has 0 aliphatic carbocycles. The number of rotatable bonds is 5. The molecule has 118 valence electrons. The van der Waals surface area contributed by atoms with Crippen molar-refractivity contribution in [3.63, 3.8) is 0 Å². The molecule has 23 heavy (non-hydrogen) atoms. The third kappa shape index (κ3) is 3.78. The molecule has 3 rings (SSSR count). The summed E-state index contributed by atoms with van der Waals surface area (Å²) >= 11 is 7.38. The van der Waals surface area contributed by atoms with Crippen LogP contribution in [0.2, 0.25) is 5.02 Å². The van der Waals surface area contributed by atoms with Crippen LogP contribution >= 0.6 is 22.9 Å². The predicted octanol–water partition coefficient (Wildman–Crippen LogP) is 4.48. The van der Waals surface area contributed by atoms with Crippen LogP contribution in [0.15, 0.2) is 46.4 Å². The van der Waals surface area contributed by atoms with Crippen molar-refractivity contribution in [3.8, 4) is 10.8 Å². The largest absolute Gasteiger partial charge is 0.459 e. The molecule has 2 heterocycles. The molecule has 0 radical (unpaired) electrons. The van der Waals surface area contributed by atoms with Crippen molar-refractivity contribution in [2.75, 3.05) is 0 Å². The van der Waals surface area contributed by atoms with Crippen LogP contribution in [0.5, 0.6) is 0 Å². The molecule has 0 atom stereocenters. The van der Waals surface area contributed by atoms with Gasteiger partial charge in [-0.2, -0.15) is 0 Å². The number of hydrogen-bond donors (Lipinski definition) is 0. The number of thiophene rings is 1. The Balaban J connectivity index is 1.59. The van der Waals surface area contributed by atoms with E-state index in [1.54, 1.807) is 0 Å². The van der Waals surface area contributed by atoms with E-state index in [2.05, 4.69) is 4.98 Å². The molecule has 0 aliphatic heterocycles. The number of ether oxygens (including phenoxy) is 1. The fourth-order valence-corrected chi connectivity index (χ4v) is 2.82. The summed E-state index contributed by atoms with van der Waals surface area (Å²) in [7, 11) is 0. The molecule has 0 fully saturated rings. The zero-order valence-electron chi connectivity index (χ0n) is 11.8. The van der Waals surface area contributed by atoms with Crippen molar-refractivity contribution < 1.29 is 18.3 Å². The first-order chi connectivity index (χ1) is 11.1. The zero-order valence-corrected chi connectivity index (χ0v) is 13.4. The molecule has 1 aromatic carbocycles. The fourth-order valence-electron chi connectivity index (χ4n) is 1.94. The number of hydrogen-bond acceptors (Lipinski definition) is 5. The number of oxazole rings is 1. The highest BCUT2D eigenvalue weighted by Crippen LogP contribution is 2.24. The maximum atomic E-state index is 13.6. The van der Waals surface area contributed by atoms with Crippen LogP contribution in [0.1, 0.15) is 11.3 Å². The number of carbonyl (C=O) groups excluding carboxylic acids is 1. The van der Waals surface area contributed by atoms with Crippen LogP contribution in [-0.2, 0) is 22.6 Å². The Morgan fingerprint density at radius 3 is 2.96 bits per heavy atom. The van der Waals surface area contributed by atoms with Gasteiger partial charge in [-0.15, -0.1) is 11.3 Å². The molecule has 0 spiro atoms. The highest BCUT2D eigenvalue weighted by atomic mass is 35.5. The minimum absolute atomic E-state index is 0.0419. The maximum Gasteiger partial charge on any atom is 0.310 e. The van der Waals surface area contributed by atoms with E-state index >= 15 is 0 Å². The molecular formula is C16H11ClFNO3S. The Labute approximate surface area is 140 Å². The van der Waals surface area contributed by atoms with E-state index in [0.717, 1.165) is 4.88 Å². The van der Waals surface area contributed by atoms with Crippen LogP contribution in [0.25, 0.3) is 10.8 Å². The summed E-state index contributed by atoms with van der Waals surface area (Å²) in [4.78, 5) is 16.9. The molecule has 0 aliphatic rings. The lowest BCUT2D eigenvalue weighted by atomic mass is 10.1. The van der Waals surface area contributed by atoms with E-state index in [1.165, 1.54) is 35.8 Å². The summed E-state index contributed by atoms with van der Waals surface area (Å²) in [6.07, 6.45) is 1.19. The number of benzene rings is 1. The third-order valence-electron chi connectivity index (χ3n) is 3.05. The first-order valence-electron chi connectivity index (χ1n) is 6.70. The highest BCUT2D eigenvalue weighted by molar-refractivity contribution is 7.13. The topological polar surface area (TPSA) is 52.3 Å². The summed E-state index contributed by atoms with van der Waals surface area (Å²) in [6, 6.07) is 8.03. The number of esters is 1. The van der Waals surface area contributed by atoms with Gasteiger partial charge < -0.3 is 9.15 Å². The Bertz CT molecular complexity index is 796. The second-order valence-electron chi connectivity index (χ2n) is 4.66. The van der Waals surface area contributed by atoms with Gasteiger partial charge in [-0.05, 0) is 23.6 Å². The lowest BCUT2D eigenvalue weighted by molar-refractivity contribution is -0.144. The number of halogens is 2. The van der Waals surface area contributed by atoms with E-state index in [-0.39, 0.29) is 23.6 Å². The van der Waals surface area contributed by atoms with E-state index in [0.29, 0.717) is 11.6 Å². The summed E-state index contributed by atoms with van der Waals surface area (Å²) < 4.78 is 24.0. The number of carbonyl (C=O) groups is 1. The quantitative estimate of drug-likeness (QED) is 0.636. The fraction of sp³-hybridized carbons (Fsp3) is 0.125. The number of nitrogens with zero attached hydrogens (tertiary/aromatic N) is 1. The molecule has 0 amide bonds. The van der Waals surface area contributed by atoms with Gasteiger partial charge in [-0.1, -0.05) is 23.7 Å². The van der Waals surface area contributed by atoms with Crippen LogP contribution in [0, 0.1) is 5.82 Å². The molecule has 0 saturated heterocycles. The van der Waals surface area contributed by atoms with E-state index < -0.39 is 11.8 Å². The van der Waals surface area contributed by atoms with Gasteiger partial charge >= 0.3 is 5.97 Å². The van der Waals surface area contributed by atoms with Gasteiger partial charge in [0.15, 0.2) is 0 Å². The Morgan fingerprint density at radius 1 is 1.35 bits per heavy atom. The van der Waals surface area contributed by atoms with Gasteiger partial charge in [0.1, 0.15) is 24.4 Å². The highest BCUT2D eigenvalue weighted by Gasteiger charge is 2.14. The van der Waals surface area contributed by atoms with Crippen molar-refractivity contribution >= 4 is 28.9 Å². The van der Waals surface area contributed by atoms with Crippen molar-refractivity contribution in [1.82, 2.24) is 4.98 Å². The second kappa shape index (κ2) is 6.93. The van der Waals surface area contributed by atoms with Crippen molar-refractivity contribution in [2.45, 2.75) is 13.0 Å². The average Bonchev–Trinajstić information content (AvgIpc) is 3.19. The Kier molecular flexibility index (Phi) is 4.73. The van der Waals surface area contributed by atoms with Gasteiger partial charge in [0.05, 0.1) is 11.3 Å². The molecule has 7 heteroatoms. The molecular weight excluding hydrogens is 341 g/mol. The zero-order chi connectivity index (χ0) is 16.2. The Morgan fingerprint density at radius 2 is 2.22 bits per heavy atom. The predicted molar refractivity (Wildman–Crippen MR) is 84.7 cm³/mol. The van der Waals surface area contributed by atoms with Crippen LogP contribution in [0.3, 0.4) is 0 Å². The van der Waals surface area contributed by atoms with Crippen molar-refractivity contribution in [2.24, 2.45) is 0 Å². The van der Waals surface area contributed by atoms with E-state index in [9.17, 15) is 9.18 Å². The average molecular weight is 352 g/mol. The molecule has 0 unspecified atom stereocenters. The van der Waals surface area contributed by atoms with E-state index in [1.807, 2.05) is 17.5 Å². The lowest BCUT2D eigenvalue weighted by Crippen LogP contribution is -2.09. The maximum absolute atomic E-state index is 13.6. The minimum Gasteiger partial charge on any atom is -0.459 e. The summed E-state index contributed by atoms with van der Waals surface area (Å²) in [5.41, 5.74) is 0.611. The van der Waals surface area contributed by atoms with Crippen molar-refractivity contribution in [1.29, 1.82) is 0 Å². The molecule has 3 aromatic rings. The monoisotopic (exact) mass is 351 g/mol. The lowest BCUT2D eigenvalue weighted by Gasteiger charge is -2.05. The summed E-state index contributed by atoms with van der Waals surface area (Å²) in [5.74, 6) is -0.642. The second-order valence-corrected chi connectivity index (χ2v) is 6.01. The van der Waals surface area contributed by atoms with Gasteiger partial charge in [0.25, 0.3) is 0 Å². The van der Waals surface area contributed by atoms with Crippen LogP contribution in [0.4, 0.5) is 4.39 Å². The molecule has 0 saturated carbocycles. The SMILES string of the molecule is O=C(Cc1c(F)cccc1Cl)OCc1coc(-c2cccs2)n1. The van der Waals surface area contributed by atoms with Crippen molar-refractivity contribution in [3.05, 3.63) is 64.1 Å². The Hall–Kier alpha value is -2.18. The number of aromatic nitrogens is 1. The van der Waals surface area contributed by atoms with Crippen LogP contribution < -0.4 is 0 Å². The normalized spacial score (nSPS) is 10.7. The van der Waals surface area contributed by atoms with Gasteiger partial charge in [-0.25, -0.2) is 9.37 Å². The summed E-state index contributed by atoms with van der Waals surface area (Å²) in [6.45, 7) is -0.0419. The third-order valence-corrected chi connectivity index (χ3v) is 4.26. The first kappa shape index (κ1) is 15.7. The smallest absolute Gasteiger partial charge is 0.310 e. The molecule has 2 aromatic heterocycles. The molecule has 0 bridgehead atoms. The molecule has 0 N–H and O–H groups in total. The minimum atomic E-state index is -0.585. The standard InChI is InChI=1S/C16H11ClFNO3S/c17-12-3-1-4-13(18)11(12)7-15(20)21-8-10-9-22-16(19-10)14-5-2-6-23-14/h1-6,9H,7-8H2. The molecule has 4 nitrogen and oxygen atoms in total. The van der Waals surface area contributed by atoms with Crippen LogP contribution in [-0.4, -0.2) is 11.0 Å². The van der Waals surface area contributed by atoms with Gasteiger partial charge in [0, 0.05) is 10.6 Å². The first-order valence-corrected chi connectivity index (χ1v) is 7.96. The van der Waals surface area contributed by atoms with Gasteiger partial charge in [0.2, 0.25) is 5.89 Å². The van der Waals surface area contributed by atoms with E-state index in [4.69, 9.17) is 20.8 Å². The van der Waals surface area contributed by atoms with Gasteiger partial charge in [-0.3, -0.25) is 4.79 Å². The summed E-state index contributed by atoms with van der Waals surface area (Å²) in [5, 5.41) is 2.11.